The van der Waals surface area contributed by atoms with Crippen LogP contribution in [0.1, 0.15) is 25.7 Å². The van der Waals surface area contributed by atoms with Crippen LogP contribution in [0.25, 0.3) is 0 Å². The van der Waals surface area contributed by atoms with Crippen LogP contribution in [0.5, 0.6) is 0 Å². The molecule has 0 aromatic carbocycles. The highest BCUT2D eigenvalue weighted by Gasteiger charge is 2.39. The number of nitrogens with one attached hydrogen (secondary N) is 1. The van der Waals surface area contributed by atoms with Gasteiger partial charge in [-0.05, 0) is 31.1 Å². The summed E-state index contributed by atoms with van der Waals surface area (Å²) < 4.78 is 1.26. The van der Waals surface area contributed by atoms with Crippen molar-refractivity contribution in [2.75, 3.05) is 5.32 Å². The van der Waals surface area contributed by atoms with Gasteiger partial charge in [-0.3, -0.25) is 4.79 Å². The van der Waals surface area contributed by atoms with Crippen LogP contribution < -0.4 is 10.9 Å². The van der Waals surface area contributed by atoms with Gasteiger partial charge in [0.15, 0.2) is 0 Å². The molecule has 1 heterocycles. The molecular formula is C12H16ClN3O. The molecule has 0 saturated heterocycles. The Hall–Kier alpha value is -1.03. The maximum atomic E-state index is 11.7. The van der Waals surface area contributed by atoms with Crippen molar-refractivity contribution in [2.45, 2.75) is 31.7 Å². The van der Waals surface area contributed by atoms with Crippen molar-refractivity contribution in [1.82, 2.24) is 9.78 Å². The minimum atomic E-state index is -0.236. The topological polar surface area (TPSA) is 46.9 Å². The van der Waals surface area contributed by atoms with E-state index in [0.29, 0.717) is 11.7 Å². The Labute approximate surface area is 105 Å². The van der Waals surface area contributed by atoms with Gasteiger partial charge < -0.3 is 5.32 Å². The molecule has 3 atom stereocenters. The van der Waals surface area contributed by atoms with E-state index in [-0.39, 0.29) is 10.6 Å². The van der Waals surface area contributed by atoms with Gasteiger partial charge >= 0.3 is 0 Å². The van der Waals surface area contributed by atoms with E-state index < -0.39 is 0 Å². The van der Waals surface area contributed by atoms with E-state index in [1.807, 2.05) is 0 Å². The van der Waals surface area contributed by atoms with Gasteiger partial charge in [-0.2, -0.15) is 5.10 Å². The highest BCUT2D eigenvalue weighted by molar-refractivity contribution is 6.32. The van der Waals surface area contributed by atoms with Crippen LogP contribution in [0.2, 0.25) is 5.02 Å². The van der Waals surface area contributed by atoms with Crippen molar-refractivity contribution in [3.05, 3.63) is 21.6 Å². The van der Waals surface area contributed by atoms with Gasteiger partial charge in [-0.25, -0.2) is 4.68 Å². The third-order valence-corrected chi connectivity index (χ3v) is 4.52. The van der Waals surface area contributed by atoms with Crippen LogP contribution in [0.15, 0.2) is 11.0 Å². The van der Waals surface area contributed by atoms with Gasteiger partial charge in [0.2, 0.25) is 0 Å². The SMILES string of the molecule is Cn1ncc(NC2CC3CCC2C3)c(Cl)c1=O. The number of hydrogen-bond acceptors (Lipinski definition) is 3. The maximum Gasteiger partial charge on any atom is 0.287 e. The van der Waals surface area contributed by atoms with Gasteiger partial charge in [0, 0.05) is 13.1 Å². The summed E-state index contributed by atoms with van der Waals surface area (Å²) in [6, 6.07) is 0.472. The minimum absolute atomic E-state index is 0.236. The van der Waals surface area contributed by atoms with Gasteiger partial charge in [-0.15, -0.1) is 0 Å². The number of halogens is 1. The second kappa shape index (κ2) is 4.02. The van der Waals surface area contributed by atoms with E-state index in [0.717, 1.165) is 11.8 Å². The molecule has 92 valence electrons. The summed E-state index contributed by atoms with van der Waals surface area (Å²) in [7, 11) is 1.61. The Bertz CT molecular complexity index is 499. The monoisotopic (exact) mass is 253 g/mol. The highest BCUT2D eigenvalue weighted by atomic mass is 35.5. The molecule has 0 amide bonds. The predicted octanol–water partition coefficient (Wildman–Crippen LogP) is 2.03. The molecule has 2 aliphatic carbocycles. The van der Waals surface area contributed by atoms with Gasteiger partial charge in [0.1, 0.15) is 5.02 Å². The standard InChI is InChI=1S/C12H16ClN3O/c1-16-12(17)11(13)10(6-14-16)15-9-5-7-2-3-8(9)4-7/h6-9,15H,2-5H2,1H3. The van der Waals surface area contributed by atoms with Crippen molar-refractivity contribution >= 4 is 17.3 Å². The Morgan fingerprint density at radius 3 is 2.94 bits per heavy atom. The first kappa shape index (κ1) is 11.1. The van der Waals surface area contributed by atoms with E-state index >= 15 is 0 Å². The zero-order chi connectivity index (χ0) is 12.0. The number of nitrogens with zero attached hydrogens (tertiary/aromatic N) is 2. The zero-order valence-corrected chi connectivity index (χ0v) is 10.6. The smallest absolute Gasteiger partial charge is 0.287 e. The molecule has 0 aliphatic heterocycles. The summed E-state index contributed by atoms with van der Waals surface area (Å²) in [6.07, 6.45) is 6.85. The molecule has 5 heteroatoms. The summed E-state index contributed by atoms with van der Waals surface area (Å²) in [6.45, 7) is 0. The first-order valence-corrected chi connectivity index (χ1v) is 6.51. The number of aryl methyl sites for hydroxylation is 1. The van der Waals surface area contributed by atoms with Crippen molar-refractivity contribution in [3.63, 3.8) is 0 Å². The molecular weight excluding hydrogens is 238 g/mol. The quantitative estimate of drug-likeness (QED) is 0.877. The lowest BCUT2D eigenvalue weighted by molar-refractivity contribution is 0.439. The maximum absolute atomic E-state index is 11.7. The molecule has 0 spiro atoms. The van der Waals surface area contributed by atoms with Crippen molar-refractivity contribution < 1.29 is 0 Å². The van der Waals surface area contributed by atoms with Crippen LogP contribution >= 0.6 is 11.6 Å². The fourth-order valence-electron chi connectivity index (χ4n) is 3.23. The molecule has 0 radical (unpaired) electrons. The predicted molar refractivity (Wildman–Crippen MR) is 67.3 cm³/mol. The van der Waals surface area contributed by atoms with Crippen molar-refractivity contribution in [1.29, 1.82) is 0 Å². The molecule has 1 aromatic rings. The van der Waals surface area contributed by atoms with E-state index in [1.54, 1.807) is 13.2 Å². The fourth-order valence-corrected chi connectivity index (χ4v) is 3.46. The number of hydrogen-bond donors (Lipinski definition) is 1. The normalized spacial score (nSPS) is 30.8. The Kier molecular flexibility index (Phi) is 2.62. The first-order chi connectivity index (χ1) is 8.15. The van der Waals surface area contributed by atoms with Crippen LogP contribution in [-0.2, 0) is 7.05 Å². The van der Waals surface area contributed by atoms with E-state index in [1.165, 1.54) is 30.4 Å². The lowest BCUT2D eigenvalue weighted by Crippen LogP contribution is -2.28. The average Bonchev–Trinajstić information content (AvgIpc) is 2.92. The molecule has 1 aromatic heterocycles. The van der Waals surface area contributed by atoms with Crippen LogP contribution in [0, 0.1) is 11.8 Å². The molecule has 2 aliphatic rings. The van der Waals surface area contributed by atoms with Crippen LogP contribution in [-0.4, -0.2) is 15.8 Å². The van der Waals surface area contributed by atoms with Crippen molar-refractivity contribution in [2.24, 2.45) is 18.9 Å². The lowest BCUT2D eigenvalue weighted by atomic mass is 9.95. The van der Waals surface area contributed by atoms with E-state index in [2.05, 4.69) is 10.4 Å². The summed E-state index contributed by atoms with van der Waals surface area (Å²) in [5, 5.41) is 7.66. The number of aromatic nitrogens is 2. The Morgan fingerprint density at radius 2 is 2.29 bits per heavy atom. The third kappa shape index (κ3) is 1.84. The van der Waals surface area contributed by atoms with E-state index in [9.17, 15) is 4.79 Å². The molecule has 4 nitrogen and oxygen atoms in total. The molecule has 17 heavy (non-hydrogen) atoms. The zero-order valence-electron chi connectivity index (χ0n) is 9.82. The van der Waals surface area contributed by atoms with Gasteiger partial charge in [0.05, 0.1) is 11.9 Å². The number of fused-ring (bicyclic) bond motifs is 2. The first-order valence-electron chi connectivity index (χ1n) is 6.13. The molecule has 3 rings (SSSR count). The summed E-state index contributed by atoms with van der Waals surface area (Å²) >= 11 is 6.04. The highest BCUT2D eigenvalue weighted by Crippen LogP contribution is 2.45. The summed E-state index contributed by atoms with van der Waals surface area (Å²) in [5.41, 5.74) is 0.451. The number of anilines is 1. The van der Waals surface area contributed by atoms with Crippen molar-refractivity contribution in [3.8, 4) is 0 Å². The van der Waals surface area contributed by atoms with Crippen LogP contribution in [0.3, 0.4) is 0 Å². The fraction of sp³-hybridized carbons (Fsp3) is 0.667. The molecule has 1 N–H and O–H groups in total. The minimum Gasteiger partial charge on any atom is -0.379 e. The van der Waals surface area contributed by atoms with Crippen LogP contribution in [0.4, 0.5) is 5.69 Å². The summed E-state index contributed by atoms with van der Waals surface area (Å²) in [4.78, 5) is 11.7. The molecule has 2 bridgehead atoms. The second-order valence-corrected chi connectivity index (χ2v) is 5.60. The van der Waals surface area contributed by atoms with Gasteiger partial charge in [-0.1, -0.05) is 18.0 Å². The lowest BCUT2D eigenvalue weighted by Gasteiger charge is -2.24. The molecule has 2 fully saturated rings. The molecule has 3 unspecified atom stereocenters. The van der Waals surface area contributed by atoms with Gasteiger partial charge in [0.25, 0.3) is 5.56 Å². The third-order valence-electron chi connectivity index (χ3n) is 4.16. The number of rotatable bonds is 2. The summed E-state index contributed by atoms with van der Waals surface area (Å²) in [5.74, 6) is 1.62. The largest absolute Gasteiger partial charge is 0.379 e. The Morgan fingerprint density at radius 1 is 1.47 bits per heavy atom. The second-order valence-electron chi connectivity index (χ2n) is 5.23. The average molecular weight is 254 g/mol. The van der Waals surface area contributed by atoms with E-state index in [4.69, 9.17) is 11.6 Å². The Balaban J connectivity index is 1.82. The molecule has 2 saturated carbocycles.